The fraction of sp³-hybridized carbons (Fsp3) is 0.148. The monoisotopic (exact) mass is 536 g/mol. The largest absolute Gasteiger partial charge is 0.325 e. The highest BCUT2D eigenvalue weighted by Gasteiger charge is 2.27. The molecule has 3 aromatic carbocycles. The molecule has 1 aromatic heterocycles. The predicted molar refractivity (Wildman–Crippen MR) is 144 cm³/mol. The molecule has 0 aliphatic carbocycles. The Morgan fingerprint density at radius 2 is 1.73 bits per heavy atom. The van der Waals surface area contributed by atoms with E-state index in [1.165, 1.54) is 30.3 Å². The number of sulfonamides is 1. The zero-order valence-corrected chi connectivity index (χ0v) is 21.8. The summed E-state index contributed by atoms with van der Waals surface area (Å²) in [5.74, 6) is -0.151. The van der Waals surface area contributed by atoms with Crippen molar-refractivity contribution in [2.24, 2.45) is 0 Å². The molecule has 8 nitrogen and oxygen atoms in total. The van der Waals surface area contributed by atoms with Crippen LogP contribution < -0.4 is 10.9 Å². The normalized spacial score (nSPS) is 11.5. The van der Waals surface area contributed by atoms with Crippen LogP contribution in [0.4, 0.5) is 5.69 Å². The van der Waals surface area contributed by atoms with E-state index in [2.05, 4.69) is 15.3 Å². The summed E-state index contributed by atoms with van der Waals surface area (Å²) in [6.07, 6.45) is 0. The molecular weight excluding hydrogens is 512 g/mol. The first-order chi connectivity index (χ1) is 17.6. The summed E-state index contributed by atoms with van der Waals surface area (Å²) >= 11 is 5.94. The van der Waals surface area contributed by atoms with Gasteiger partial charge in [0, 0.05) is 34.6 Å². The average molecular weight is 537 g/mol. The molecule has 0 unspecified atom stereocenters. The third-order valence-electron chi connectivity index (χ3n) is 5.67. The molecule has 1 heterocycles. The summed E-state index contributed by atoms with van der Waals surface area (Å²) in [7, 11) is -4.02. The number of anilines is 1. The van der Waals surface area contributed by atoms with Crippen molar-refractivity contribution in [2.45, 2.75) is 25.3 Å². The van der Waals surface area contributed by atoms with Crippen molar-refractivity contribution < 1.29 is 13.2 Å². The maximum absolute atomic E-state index is 13.5. The highest BCUT2D eigenvalue weighted by molar-refractivity contribution is 7.89. The minimum Gasteiger partial charge on any atom is -0.325 e. The number of nitrogens with zero attached hydrogens (tertiary/aromatic N) is 2. The smallest absolute Gasteiger partial charge is 0.251 e. The molecule has 0 atom stereocenters. The summed E-state index contributed by atoms with van der Waals surface area (Å²) in [5.41, 5.74) is 3.01. The van der Waals surface area contributed by atoms with Crippen LogP contribution in [-0.4, -0.2) is 35.1 Å². The van der Waals surface area contributed by atoms with E-state index >= 15 is 0 Å². The number of nitrogens with one attached hydrogen (secondary N) is 2. The molecule has 0 fully saturated rings. The minimum atomic E-state index is -4.02. The molecule has 0 radical (unpaired) electrons. The Morgan fingerprint density at radius 3 is 2.43 bits per heavy atom. The number of benzene rings is 3. The molecule has 0 saturated carbocycles. The van der Waals surface area contributed by atoms with Gasteiger partial charge in [-0.1, -0.05) is 48.0 Å². The predicted octanol–water partition coefficient (Wildman–Crippen LogP) is 4.54. The summed E-state index contributed by atoms with van der Waals surface area (Å²) in [5, 5.41) is 3.17. The van der Waals surface area contributed by atoms with Gasteiger partial charge >= 0.3 is 0 Å². The van der Waals surface area contributed by atoms with Crippen molar-refractivity contribution in [3.63, 3.8) is 0 Å². The molecule has 1 amide bonds. The third kappa shape index (κ3) is 6.51. The first-order valence-electron chi connectivity index (χ1n) is 11.4. The number of aromatic nitrogens is 2. The van der Waals surface area contributed by atoms with E-state index in [0.717, 1.165) is 15.4 Å². The number of hydrogen-bond donors (Lipinski definition) is 2. The molecule has 190 valence electrons. The van der Waals surface area contributed by atoms with Crippen molar-refractivity contribution in [3.05, 3.63) is 111 Å². The Kier molecular flexibility index (Phi) is 7.87. The number of rotatable bonds is 8. The van der Waals surface area contributed by atoms with Crippen molar-refractivity contribution in [2.75, 3.05) is 11.9 Å². The SMILES string of the molecule is Cc1cc(=O)[nH]c(-c2cccc(NC(=O)CN(Cc3ccccc3C)S(=O)(=O)c3ccc(Cl)cc3)c2)n1. The lowest BCUT2D eigenvalue weighted by Crippen LogP contribution is -2.37. The molecular formula is C27H25ClN4O4S. The van der Waals surface area contributed by atoms with Gasteiger partial charge in [-0.25, -0.2) is 13.4 Å². The van der Waals surface area contributed by atoms with E-state index < -0.39 is 22.5 Å². The van der Waals surface area contributed by atoms with Gasteiger partial charge in [0.05, 0.1) is 11.4 Å². The lowest BCUT2D eigenvalue weighted by Gasteiger charge is -2.23. The van der Waals surface area contributed by atoms with Crippen LogP contribution >= 0.6 is 11.6 Å². The summed E-state index contributed by atoms with van der Waals surface area (Å²) in [6.45, 7) is 3.20. The zero-order valence-electron chi connectivity index (χ0n) is 20.2. The van der Waals surface area contributed by atoms with Crippen LogP contribution in [0, 0.1) is 13.8 Å². The summed E-state index contributed by atoms with van der Waals surface area (Å²) in [6, 6.07) is 21.4. The van der Waals surface area contributed by atoms with E-state index in [0.29, 0.717) is 27.8 Å². The quantitative estimate of drug-likeness (QED) is 0.343. The van der Waals surface area contributed by atoms with Gasteiger partial charge < -0.3 is 10.3 Å². The van der Waals surface area contributed by atoms with Gasteiger partial charge in [0.2, 0.25) is 15.9 Å². The number of amides is 1. The Labute approximate surface area is 220 Å². The fourth-order valence-corrected chi connectivity index (χ4v) is 5.28. The lowest BCUT2D eigenvalue weighted by molar-refractivity contribution is -0.116. The Balaban J connectivity index is 1.60. The van der Waals surface area contributed by atoms with Crippen molar-refractivity contribution >= 4 is 33.2 Å². The van der Waals surface area contributed by atoms with Gasteiger partial charge in [0.15, 0.2) is 0 Å². The highest BCUT2D eigenvalue weighted by atomic mass is 35.5. The zero-order chi connectivity index (χ0) is 26.6. The Bertz CT molecular complexity index is 1600. The lowest BCUT2D eigenvalue weighted by atomic mass is 10.1. The molecule has 4 aromatic rings. The minimum absolute atomic E-state index is 0.0134. The molecule has 0 aliphatic heterocycles. The number of hydrogen-bond acceptors (Lipinski definition) is 5. The molecule has 4 rings (SSSR count). The molecule has 0 spiro atoms. The van der Waals surface area contributed by atoms with E-state index in [1.54, 1.807) is 31.2 Å². The van der Waals surface area contributed by atoms with Gasteiger partial charge in [0.25, 0.3) is 5.56 Å². The number of H-pyrrole nitrogens is 1. The van der Waals surface area contributed by atoms with E-state index in [9.17, 15) is 18.0 Å². The fourth-order valence-electron chi connectivity index (χ4n) is 3.78. The second kappa shape index (κ2) is 11.1. The van der Waals surface area contributed by atoms with Crippen LogP contribution in [0.1, 0.15) is 16.8 Å². The first-order valence-corrected chi connectivity index (χ1v) is 13.2. The second-order valence-electron chi connectivity index (χ2n) is 8.52. The van der Waals surface area contributed by atoms with Crippen molar-refractivity contribution in [1.82, 2.24) is 14.3 Å². The van der Waals surface area contributed by atoms with E-state index in [-0.39, 0.29) is 17.0 Å². The van der Waals surface area contributed by atoms with Gasteiger partial charge in [-0.05, 0) is 61.4 Å². The molecule has 2 N–H and O–H groups in total. The van der Waals surface area contributed by atoms with Crippen LogP contribution in [0.3, 0.4) is 0 Å². The van der Waals surface area contributed by atoms with Crippen LogP contribution in [0.5, 0.6) is 0 Å². The van der Waals surface area contributed by atoms with E-state index in [1.807, 2.05) is 31.2 Å². The average Bonchev–Trinajstić information content (AvgIpc) is 2.85. The Morgan fingerprint density at radius 1 is 1.00 bits per heavy atom. The maximum Gasteiger partial charge on any atom is 0.251 e. The standard InChI is InChI=1S/C27H25ClN4O4S/c1-18-6-3-4-7-21(18)16-32(37(35,36)24-12-10-22(28)11-13-24)17-26(34)30-23-9-5-8-20(15-23)27-29-19(2)14-25(33)31-27/h3-15H,16-17H2,1-2H3,(H,30,34)(H,29,31,33). The molecule has 0 saturated heterocycles. The number of halogens is 1. The number of carbonyl (C=O) groups is 1. The Hall–Kier alpha value is -3.79. The van der Waals surface area contributed by atoms with Crippen LogP contribution in [0.25, 0.3) is 11.4 Å². The molecule has 37 heavy (non-hydrogen) atoms. The maximum atomic E-state index is 13.5. The first kappa shape index (κ1) is 26.3. The molecule has 0 bridgehead atoms. The van der Waals surface area contributed by atoms with Gasteiger partial charge in [-0.3, -0.25) is 9.59 Å². The molecule has 10 heteroatoms. The van der Waals surface area contributed by atoms with Gasteiger partial charge in [0.1, 0.15) is 5.82 Å². The van der Waals surface area contributed by atoms with Crippen LogP contribution in [0.2, 0.25) is 5.02 Å². The van der Waals surface area contributed by atoms with Gasteiger partial charge in [-0.15, -0.1) is 0 Å². The summed E-state index contributed by atoms with van der Waals surface area (Å²) in [4.78, 5) is 32.0. The third-order valence-corrected chi connectivity index (χ3v) is 7.73. The summed E-state index contributed by atoms with van der Waals surface area (Å²) < 4.78 is 28.2. The second-order valence-corrected chi connectivity index (χ2v) is 10.9. The van der Waals surface area contributed by atoms with Crippen molar-refractivity contribution in [1.29, 1.82) is 0 Å². The van der Waals surface area contributed by atoms with Crippen LogP contribution in [-0.2, 0) is 21.4 Å². The molecule has 0 aliphatic rings. The highest BCUT2D eigenvalue weighted by Crippen LogP contribution is 2.23. The number of aromatic amines is 1. The van der Waals surface area contributed by atoms with Crippen LogP contribution in [0.15, 0.2) is 88.6 Å². The number of carbonyl (C=O) groups excluding carboxylic acids is 1. The number of aryl methyl sites for hydroxylation is 2. The topological polar surface area (TPSA) is 112 Å². The van der Waals surface area contributed by atoms with Gasteiger partial charge in [-0.2, -0.15) is 4.31 Å². The van der Waals surface area contributed by atoms with Crippen molar-refractivity contribution in [3.8, 4) is 11.4 Å². The van der Waals surface area contributed by atoms with E-state index in [4.69, 9.17) is 11.6 Å².